The lowest BCUT2D eigenvalue weighted by atomic mass is 9.84. The molecule has 1 saturated heterocycles. The number of ether oxygens (including phenoxy) is 2. The van der Waals surface area contributed by atoms with Crippen molar-refractivity contribution in [2.45, 2.75) is 56.3 Å². The van der Waals surface area contributed by atoms with Crippen LogP contribution in [0.25, 0.3) is 10.4 Å². The van der Waals surface area contributed by atoms with E-state index in [9.17, 15) is 25.2 Å². The SMILES string of the molecule is CC(P)O[C@@]1(C(=O)O)C[C@@H](O)[C@@H](C)C([C@H](O)[C@@H](CO)N=[N+]=[N-])O1. The zero-order valence-corrected chi connectivity index (χ0v) is 14.0. The first kappa shape index (κ1) is 20.1. The van der Waals surface area contributed by atoms with Gasteiger partial charge in [0.05, 0.1) is 36.8 Å². The molecule has 1 aliphatic rings. The third-order valence-corrected chi connectivity index (χ3v) is 3.89. The van der Waals surface area contributed by atoms with Gasteiger partial charge in [-0.3, -0.25) is 0 Å². The van der Waals surface area contributed by atoms with Gasteiger partial charge in [-0.2, -0.15) is 0 Å². The number of aliphatic hydroxyl groups excluding tert-OH is 3. The molecule has 1 rings (SSSR count). The second-order valence-corrected chi connectivity index (χ2v) is 6.48. The number of rotatable bonds is 7. The van der Waals surface area contributed by atoms with Gasteiger partial charge < -0.3 is 29.9 Å². The molecule has 4 N–H and O–H groups in total. The van der Waals surface area contributed by atoms with Gasteiger partial charge in [-0.25, -0.2) is 4.79 Å². The first-order valence-electron chi connectivity index (χ1n) is 7.04. The van der Waals surface area contributed by atoms with Gasteiger partial charge in [-0.1, -0.05) is 12.0 Å². The third kappa shape index (κ3) is 4.51. The molecule has 0 aliphatic carbocycles. The number of carbonyl (C=O) groups is 1. The Hall–Kier alpha value is -0.990. The number of hydrogen-bond acceptors (Lipinski definition) is 7. The van der Waals surface area contributed by atoms with Crippen molar-refractivity contribution in [1.29, 1.82) is 0 Å². The highest BCUT2D eigenvalue weighted by molar-refractivity contribution is 7.17. The molecule has 10 nitrogen and oxygen atoms in total. The Bertz CT molecular complexity index is 474. The summed E-state index contributed by atoms with van der Waals surface area (Å²) < 4.78 is 10.8. The van der Waals surface area contributed by atoms with E-state index in [1.165, 1.54) is 0 Å². The van der Waals surface area contributed by atoms with Gasteiger partial charge in [0.25, 0.3) is 5.79 Å². The standard InChI is InChI=1S/C12H22N3O7P/c1-5-8(17)3-12(11(19)20,21-6(2)23)22-10(5)9(18)7(4-16)14-15-13/h5-10,16-18H,3-4,23H2,1-2H3,(H,19,20)/t5-,6?,7-,8-,9-,10?,12+/m1/s1. The van der Waals surface area contributed by atoms with Gasteiger partial charge in [-0.05, 0) is 12.5 Å². The first-order chi connectivity index (χ1) is 10.7. The van der Waals surface area contributed by atoms with Crippen molar-refractivity contribution >= 4 is 15.2 Å². The average molecular weight is 351 g/mol. The van der Waals surface area contributed by atoms with Crippen LogP contribution >= 0.6 is 9.24 Å². The Labute approximate surface area is 135 Å². The Morgan fingerprint density at radius 2 is 2.26 bits per heavy atom. The molecular weight excluding hydrogens is 329 g/mol. The van der Waals surface area contributed by atoms with E-state index >= 15 is 0 Å². The van der Waals surface area contributed by atoms with Crippen LogP contribution in [0.2, 0.25) is 0 Å². The molecule has 3 unspecified atom stereocenters. The molecule has 132 valence electrons. The second kappa shape index (κ2) is 8.21. The molecule has 0 amide bonds. The predicted octanol–water partition coefficient (Wildman–Crippen LogP) is -0.177. The lowest BCUT2D eigenvalue weighted by Crippen LogP contribution is -2.61. The summed E-state index contributed by atoms with van der Waals surface area (Å²) in [6, 6.07) is -1.24. The Morgan fingerprint density at radius 1 is 1.65 bits per heavy atom. The first-order valence-corrected chi connectivity index (χ1v) is 7.71. The average Bonchev–Trinajstić information content (AvgIpc) is 2.46. The quantitative estimate of drug-likeness (QED) is 0.214. The minimum atomic E-state index is -2.14. The van der Waals surface area contributed by atoms with Crippen molar-refractivity contribution in [1.82, 2.24) is 0 Å². The van der Waals surface area contributed by atoms with Crippen LogP contribution < -0.4 is 0 Å². The Kier molecular flexibility index (Phi) is 7.16. The number of hydrogen-bond donors (Lipinski definition) is 4. The van der Waals surface area contributed by atoms with Crippen LogP contribution in [0, 0.1) is 5.92 Å². The van der Waals surface area contributed by atoms with Crippen molar-refractivity contribution in [2.24, 2.45) is 11.0 Å². The summed E-state index contributed by atoms with van der Waals surface area (Å²) in [5.41, 5.74) is 8.47. The predicted molar refractivity (Wildman–Crippen MR) is 81.3 cm³/mol. The molecule has 1 fully saturated rings. The topological polar surface area (TPSA) is 165 Å². The van der Waals surface area contributed by atoms with Crippen molar-refractivity contribution in [2.75, 3.05) is 6.61 Å². The van der Waals surface area contributed by atoms with Crippen LogP contribution in [0.15, 0.2) is 5.11 Å². The molecular formula is C12H22N3O7P. The zero-order chi connectivity index (χ0) is 17.8. The number of carboxylic acid groups (broad SMARTS) is 1. The van der Waals surface area contributed by atoms with Gasteiger partial charge >= 0.3 is 5.97 Å². The van der Waals surface area contributed by atoms with E-state index < -0.39 is 54.5 Å². The lowest BCUT2D eigenvalue weighted by molar-refractivity contribution is -0.316. The lowest BCUT2D eigenvalue weighted by Gasteiger charge is -2.46. The van der Waals surface area contributed by atoms with Crippen molar-refractivity contribution in [3.8, 4) is 0 Å². The molecule has 0 aromatic carbocycles. The molecule has 0 aromatic heterocycles. The van der Waals surface area contributed by atoms with Crippen LogP contribution in [0.5, 0.6) is 0 Å². The van der Waals surface area contributed by atoms with Gasteiger partial charge in [0.1, 0.15) is 0 Å². The van der Waals surface area contributed by atoms with Crippen LogP contribution in [-0.4, -0.2) is 69.0 Å². The number of aliphatic hydroxyl groups is 3. The number of aliphatic carboxylic acids is 1. The summed E-state index contributed by atoms with van der Waals surface area (Å²) in [4.78, 5) is 14.1. The van der Waals surface area contributed by atoms with E-state index in [1.54, 1.807) is 13.8 Å². The van der Waals surface area contributed by atoms with Gasteiger partial charge in [-0.15, -0.1) is 9.24 Å². The molecule has 0 aromatic rings. The summed E-state index contributed by atoms with van der Waals surface area (Å²) in [6.45, 7) is 2.47. The highest BCUT2D eigenvalue weighted by Gasteiger charge is 2.54. The maximum Gasteiger partial charge on any atom is 0.364 e. The van der Waals surface area contributed by atoms with E-state index in [0.29, 0.717) is 0 Å². The monoisotopic (exact) mass is 351 g/mol. The molecule has 0 radical (unpaired) electrons. The molecule has 0 saturated carbocycles. The zero-order valence-electron chi connectivity index (χ0n) is 12.8. The van der Waals surface area contributed by atoms with E-state index in [2.05, 4.69) is 19.3 Å². The number of nitrogens with zero attached hydrogens (tertiary/aromatic N) is 3. The summed E-state index contributed by atoms with van der Waals surface area (Å²) in [5, 5.41) is 42.4. The van der Waals surface area contributed by atoms with Crippen molar-refractivity contribution in [3.63, 3.8) is 0 Å². The number of carboxylic acids is 1. The molecule has 11 heteroatoms. The molecule has 1 heterocycles. The Balaban J connectivity index is 3.14. The molecule has 23 heavy (non-hydrogen) atoms. The smallest absolute Gasteiger partial charge is 0.364 e. The summed E-state index contributed by atoms with van der Waals surface area (Å²) in [5.74, 6) is -4.84. The van der Waals surface area contributed by atoms with Gasteiger partial charge in [0.2, 0.25) is 0 Å². The summed E-state index contributed by atoms with van der Waals surface area (Å²) >= 11 is 0. The van der Waals surface area contributed by atoms with E-state index in [-0.39, 0.29) is 6.42 Å². The molecule has 0 bridgehead atoms. The van der Waals surface area contributed by atoms with Crippen LogP contribution in [0.4, 0.5) is 0 Å². The second-order valence-electron chi connectivity index (χ2n) is 5.54. The minimum Gasteiger partial charge on any atom is -0.477 e. The highest BCUT2D eigenvalue weighted by atomic mass is 31.0. The summed E-state index contributed by atoms with van der Waals surface area (Å²) in [7, 11) is 2.25. The van der Waals surface area contributed by atoms with Crippen molar-refractivity contribution in [3.05, 3.63) is 10.4 Å². The normalized spacial score (nSPS) is 35.0. The maximum absolute atomic E-state index is 11.6. The maximum atomic E-state index is 11.6. The van der Waals surface area contributed by atoms with Gasteiger partial charge in [0, 0.05) is 17.3 Å². The molecule has 8 atom stereocenters. The largest absolute Gasteiger partial charge is 0.477 e. The number of azide groups is 1. The summed E-state index contributed by atoms with van der Waals surface area (Å²) in [6.07, 6.45) is -4.17. The Morgan fingerprint density at radius 3 is 2.70 bits per heavy atom. The van der Waals surface area contributed by atoms with Crippen molar-refractivity contribution < 1.29 is 34.7 Å². The van der Waals surface area contributed by atoms with Crippen LogP contribution in [0.3, 0.4) is 0 Å². The fourth-order valence-corrected chi connectivity index (χ4v) is 2.72. The van der Waals surface area contributed by atoms with E-state index in [1.807, 2.05) is 0 Å². The third-order valence-electron chi connectivity index (χ3n) is 3.75. The van der Waals surface area contributed by atoms with E-state index in [4.69, 9.17) is 15.0 Å². The molecule has 0 spiro atoms. The van der Waals surface area contributed by atoms with E-state index in [0.717, 1.165) is 0 Å². The van der Waals surface area contributed by atoms with Crippen LogP contribution in [0.1, 0.15) is 20.3 Å². The van der Waals surface area contributed by atoms with Crippen LogP contribution in [-0.2, 0) is 14.3 Å². The minimum absolute atomic E-state index is 0.323. The fourth-order valence-electron chi connectivity index (χ4n) is 2.50. The molecule has 1 aliphatic heterocycles. The fraction of sp³-hybridized carbons (Fsp3) is 0.917. The highest BCUT2D eigenvalue weighted by Crippen LogP contribution is 2.37. The van der Waals surface area contributed by atoms with Gasteiger partial charge in [0.15, 0.2) is 0 Å².